The second kappa shape index (κ2) is 8.86. The molecule has 0 saturated carbocycles. The number of carbonyl (C=O) groups is 3. The average Bonchev–Trinajstić information content (AvgIpc) is 2.72. The summed E-state index contributed by atoms with van der Waals surface area (Å²) in [7, 11) is -3.94. The fourth-order valence-corrected chi connectivity index (χ4v) is 4.23. The van der Waals surface area contributed by atoms with Crippen LogP contribution in [0.5, 0.6) is 0 Å². The van der Waals surface area contributed by atoms with E-state index in [0.717, 1.165) is 5.56 Å². The predicted octanol–water partition coefficient (Wildman–Crippen LogP) is 1.58. The summed E-state index contributed by atoms with van der Waals surface area (Å²) < 4.78 is 32.4. The lowest BCUT2D eigenvalue weighted by Crippen LogP contribution is -2.48. The van der Waals surface area contributed by atoms with Gasteiger partial charge in [0.25, 0.3) is 5.91 Å². The van der Waals surface area contributed by atoms with Gasteiger partial charge in [-0.05, 0) is 45.0 Å². The lowest BCUT2D eigenvalue weighted by atomic mass is 10.1. The van der Waals surface area contributed by atoms with Gasteiger partial charge in [-0.15, -0.1) is 0 Å². The number of fused-ring (bicyclic) bond motifs is 1. The Morgan fingerprint density at radius 1 is 1.10 bits per heavy atom. The number of ether oxygens (including phenoxy) is 1. The SMILES string of the molecule is Cc1ccc(S(=O)(=O)N[C@@H](C)C(=O)OC(C)C(=O)N2CC(=O)Nc3ccccc32)cc1. The number of sulfonamides is 1. The highest BCUT2D eigenvalue weighted by Gasteiger charge is 2.32. The van der Waals surface area contributed by atoms with Crippen LogP contribution < -0.4 is 14.9 Å². The standard InChI is InChI=1S/C21H23N3O6S/c1-13-8-10-16(11-9-13)31(28,29)23-14(2)21(27)30-15(3)20(26)24-12-19(25)22-17-6-4-5-7-18(17)24/h4-11,14-15,23H,12H2,1-3H3,(H,22,25)/t14-,15?/m0/s1. The summed E-state index contributed by atoms with van der Waals surface area (Å²) in [5.41, 5.74) is 1.86. The molecule has 0 bridgehead atoms. The van der Waals surface area contributed by atoms with E-state index in [9.17, 15) is 22.8 Å². The minimum Gasteiger partial charge on any atom is -0.451 e. The van der Waals surface area contributed by atoms with Crippen molar-refractivity contribution in [1.29, 1.82) is 0 Å². The average molecular weight is 445 g/mol. The fraction of sp³-hybridized carbons (Fsp3) is 0.286. The van der Waals surface area contributed by atoms with E-state index in [4.69, 9.17) is 4.74 Å². The molecular weight excluding hydrogens is 422 g/mol. The number of benzene rings is 2. The Bertz CT molecular complexity index is 1110. The molecule has 0 aromatic heterocycles. The number of aryl methyl sites for hydroxylation is 1. The molecular formula is C21H23N3O6S. The van der Waals surface area contributed by atoms with E-state index < -0.39 is 34.0 Å². The molecule has 2 atom stereocenters. The van der Waals surface area contributed by atoms with E-state index >= 15 is 0 Å². The number of rotatable bonds is 6. The van der Waals surface area contributed by atoms with Gasteiger partial charge in [0.05, 0.1) is 16.3 Å². The number of hydrogen-bond donors (Lipinski definition) is 2. The molecule has 31 heavy (non-hydrogen) atoms. The summed E-state index contributed by atoms with van der Waals surface area (Å²) in [5, 5.41) is 2.67. The molecule has 164 valence electrons. The maximum absolute atomic E-state index is 12.8. The van der Waals surface area contributed by atoms with Crippen molar-refractivity contribution < 1.29 is 27.5 Å². The van der Waals surface area contributed by atoms with Gasteiger partial charge in [-0.2, -0.15) is 4.72 Å². The van der Waals surface area contributed by atoms with Gasteiger partial charge in [0.2, 0.25) is 15.9 Å². The Labute approximate surface area is 180 Å². The van der Waals surface area contributed by atoms with Crippen molar-refractivity contribution in [3.8, 4) is 0 Å². The topological polar surface area (TPSA) is 122 Å². The molecule has 2 N–H and O–H groups in total. The Balaban J connectivity index is 1.66. The Hall–Kier alpha value is -3.24. The molecule has 0 aliphatic carbocycles. The molecule has 10 heteroatoms. The first kappa shape index (κ1) is 22.4. The molecule has 1 aliphatic heterocycles. The monoisotopic (exact) mass is 445 g/mol. The molecule has 1 unspecified atom stereocenters. The summed E-state index contributed by atoms with van der Waals surface area (Å²) >= 11 is 0. The highest BCUT2D eigenvalue weighted by atomic mass is 32.2. The number of para-hydroxylation sites is 2. The summed E-state index contributed by atoms with van der Waals surface area (Å²) in [4.78, 5) is 38.4. The van der Waals surface area contributed by atoms with Crippen molar-refractivity contribution in [2.24, 2.45) is 0 Å². The van der Waals surface area contributed by atoms with Crippen LogP contribution in [0.4, 0.5) is 11.4 Å². The van der Waals surface area contributed by atoms with Crippen LogP contribution in [0.15, 0.2) is 53.4 Å². The van der Waals surface area contributed by atoms with Gasteiger partial charge in [-0.1, -0.05) is 29.8 Å². The van der Waals surface area contributed by atoms with Crippen LogP contribution >= 0.6 is 0 Å². The second-order valence-electron chi connectivity index (χ2n) is 7.22. The lowest BCUT2D eigenvalue weighted by molar-refractivity contribution is -0.155. The van der Waals surface area contributed by atoms with Crippen molar-refractivity contribution in [3.05, 3.63) is 54.1 Å². The smallest absolute Gasteiger partial charge is 0.324 e. The van der Waals surface area contributed by atoms with E-state index in [1.165, 1.54) is 30.9 Å². The molecule has 2 amide bonds. The minimum absolute atomic E-state index is 0.0119. The molecule has 2 aromatic carbocycles. The lowest BCUT2D eigenvalue weighted by Gasteiger charge is -2.31. The summed E-state index contributed by atoms with van der Waals surface area (Å²) in [5.74, 6) is -1.87. The molecule has 1 aliphatic rings. The zero-order valence-corrected chi connectivity index (χ0v) is 18.1. The molecule has 0 radical (unpaired) electrons. The number of hydrogen-bond acceptors (Lipinski definition) is 6. The van der Waals surface area contributed by atoms with Crippen molar-refractivity contribution >= 4 is 39.2 Å². The number of nitrogens with one attached hydrogen (secondary N) is 2. The van der Waals surface area contributed by atoms with Gasteiger partial charge in [0, 0.05) is 0 Å². The first-order chi connectivity index (χ1) is 14.6. The van der Waals surface area contributed by atoms with Crippen LogP contribution in [0.1, 0.15) is 19.4 Å². The van der Waals surface area contributed by atoms with Crippen LogP contribution in [0.2, 0.25) is 0 Å². The molecule has 0 fully saturated rings. The Morgan fingerprint density at radius 3 is 2.42 bits per heavy atom. The third kappa shape index (κ3) is 5.09. The third-order valence-corrected chi connectivity index (χ3v) is 6.25. The van der Waals surface area contributed by atoms with Gasteiger partial charge in [-0.3, -0.25) is 19.3 Å². The zero-order valence-electron chi connectivity index (χ0n) is 17.3. The molecule has 2 aromatic rings. The van der Waals surface area contributed by atoms with Crippen molar-refractivity contribution in [3.63, 3.8) is 0 Å². The molecule has 9 nitrogen and oxygen atoms in total. The maximum atomic E-state index is 12.8. The largest absolute Gasteiger partial charge is 0.451 e. The fourth-order valence-electron chi connectivity index (χ4n) is 3.04. The van der Waals surface area contributed by atoms with Gasteiger partial charge >= 0.3 is 5.97 Å². The highest BCUT2D eigenvalue weighted by molar-refractivity contribution is 7.89. The van der Waals surface area contributed by atoms with Gasteiger partial charge in [-0.25, -0.2) is 8.42 Å². The van der Waals surface area contributed by atoms with E-state index in [0.29, 0.717) is 11.4 Å². The number of esters is 1. The van der Waals surface area contributed by atoms with E-state index in [2.05, 4.69) is 10.0 Å². The summed E-state index contributed by atoms with van der Waals surface area (Å²) in [6.07, 6.45) is -1.22. The Kier molecular flexibility index (Phi) is 6.42. The summed E-state index contributed by atoms with van der Waals surface area (Å²) in [6, 6.07) is 11.7. The molecule has 1 heterocycles. The second-order valence-corrected chi connectivity index (χ2v) is 8.94. The van der Waals surface area contributed by atoms with Gasteiger partial charge < -0.3 is 10.1 Å². The van der Waals surface area contributed by atoms with Crippen molar-refractivity contribution in [2.75, 3.05) is 16.8 Å². The van der Waals surface area contributed by atoms with Gasteiger partial charge in [0.15, 0.2) is 6.10 Å². The van der Waals surface area contributed by atoms with Crippen LogP contribution in [0, 0.1) is 6.92 Å². The van der Waals surface area contributed by atoms with E-state index in [1.807, 2.05) is 6.92 Å². The predicted molar refractivity (Wildman–Crippen MR) is 114 cm³/mol. The number of carbonyl (C=O) groups excluding carboxylic acids is 3. The maximum Gasteiger partial charge on any atom is 0.324 e. The van der Waals surface area contributed by atoms with E-state index in [-0.39, 0.29) is 17.3 Å². The van der Waals surface area contributed by atoms with Crippen molar-refractivity contribution in [1.82, 2.24) is 4.72 Å². The van der Waals surface area contributed by atoms with Crippen LogP contribution in [-0.4, -0.2) is 44.9 Å². The first-order valence-corrected chi connectivity index (χ1v) is 11.1. The number of anilines is 2. The van der Waals surface area contributed by atoms with Crippen LogP contribution in [0.25, 0.3) is 0 Å². The van der Waals surface area contributed by atoms with Gasteiger partial charge in [0.1, 0.15) is 12.6 Å². The third-order valence-electron chi connectivity index (χ3n) is 4.69. The Morgan fingerprint density at radius 2 is 1.74 bits per heavy atom. The normalized spacial score (nSPS) is 15.5. The zero-order chi connectivity index (χ0) is 22.8. The highest BCUT2D eigenvalue weighted by Crippen LogP contribution is 2.29. The molecule has 0 saturated heterocycles. The quantitative estimate of drug-likeness (QED) is 0.651. The van der Waals surface area contributed by atoms with Crippen LogP contribution in [0.3, 0.4) is 0 Å². The summed E-state index contributed by atoms with van der Waals surface area (Å²) in [6.45, 7) is 4.31. The van der Waals surface area contributed by atoms with Crippen molar-refractivity contribution in [2.45, 2.75) is 37.8 Å². The first-order valence-electron chi connectivity index (χ1n) is 9.58. The van der Waals surface area contributed by atoms with E-state index in [1.54, 1.807) is 36.4 Å². The van der Waals surface area contributed by atoms with Crippen LogP contribution in [-0.2, 0) is 29.1 Å². The minimum atomic E-state index is -3.94. The molecule has 0 spiro atoms. The number of amides is 2. The number of nitrogens with zero attached hydrogens (tertiary/aromatic N) is 1. The molecule has 3 rings (SSSR count).